The van der Waals surface area contributed by atoms with Crippen molar-refractivity contribution >= 4 is 17.5 Å². The van der Waals surface area contributed by atoms with Crippen molar-refractivity contribution in [2.45, 2.75) is 18.9 Å². The standard InChI is InChI=1S/C12H11F2N3O4/c13-6-3-4-7(17(20)21)10(14)9(6)12(19)16-5-1-2-8(16)11(15)18/h3-4,8H,1-2,5H2,(H2,15,18). The van der Waals surface area contributed by atoms with E-state index in [0.29, 0.717) is 25.0 Å². The number of carbonyl (C=O) groups is 2. The summed E-state index contributed by atoms with van der Waals surface area (Å²) < 4.78 is 27.7. The first-order chi connectivity index (χ1) is 9.84. The monoisotopic (exact) mass is 299 g/mol. The number of nitrogens with zero attached hydrogens (tertiary/aromatic N) is 2. The van der Waals surface area contributed by atoms with Crippen molar-refractivity contribution in [3.63, 3.8) is 0 Å². The normalized spacial score (nSPS) is 17.8. The zero-order valence-electron chi connectivity index (χ0n) is 10.7. The number of nitro benzene ring substituents is 1. The van der Waals surface area contributed by atoms with Gasteiger partial charge in [-0.2, -0.15) is 4.39 Å². The lowest BCUT2D eigenvalue weighted by molar-refractivity contribution is -0.387. The third kappa shape index (κ3) is 2.54. The van der Waals surface area contributed by atoms with E-state index < -0.39 is 45.7 Å². The second-order valence-corrected chi connectivity index (χ2v) is 4.57. The molecule has 2 amide bonds. The van der Waals surface area contributed by atoms with Gasteiger partial charge in [0.25, 0.3) is 5.91 Å². The zero-order valence-corrected chi connectivity index (χ0v) is 10.7. The van der Waals surface area contributed by atoms with Crippen molar-refractivity contribution in [3.8, 4) is 0 Å². The van der Waals surface area contributed by atoms with Crippen LogP contribution >= 0.6 is 0 Å². The van der Waals surface area contributed by atoms with Crippen molar-refractivity contribution in [1.29, 1.82) is 0 Å². The van der Waals surface area contributed by atoms with E-state index in [1.807, 2.05) is 0 Å². The summed E-state index contributed by atoms with van der Waals surface area (Å²) in [5.74, 6) is -4.68. The van der Waals surface area contributed by atoms with Crippen LogP contribution in [0.4, 0.5) is 14.5 Å². The van der Waals surface area contributed by atoms with E-state index in [4.69, 9.17) is 5.73 Å². The Hall–Kier alpha value is -2.58. The summed E-state index contributed by atoms with van der Waals surface area (Å²) in [6, 6.07) is 0.316. The lowest BCUT2D eigenvalue weighted by Crippen LogP contribution is -2.44. The van der Waals surface area contributed by atoms with E-state index in [1.54, 1.807) is 0 Å². The van der Waals surface area contributed by atoms with E-state index in [-0.39, 0.29) is 6.54 Å². The first kappa shape index (κ1) is 14.8. The molecule has 1 saturated heterocycles. The molecule has 9 heteroatoms. The number of hydrogen-bond donors (Lipinski definition) is 1. The van der Waals surface area contributed by atoms with Crippen molar-refractivity contribution < 1.29 is 23.3 Å². The minimum absolute atomic E-state index is 0.105. The first-order valence-electron chi connectivity index (χ1n) is 6.07. The Bertz CT molecular complexity index is 635. The van der Waals surface area contributed by atoms with Crippen LogP contribution in [0.1, 0.15) is 23.2 Å². The Morgan fingerprint density at radius 3 is 2.62 bits per heavy atom. The van der Waals surface area contributed by atoms with E-state index >= 15 is 0 Å². The predicted molar refractivity (Wildman–Crippen MR) is 66.3 cm³/mol. The van der Waals surface area contributed by atoms with Gasteiger partial charge in [0.1, 0.15) is 17.4 Å². The molecule has 1 atom stereocenters. The van der Waals surface area contributed by atoms with E-state index in [9.17, 15) is 28.5 Å². The molecule has 112 valence electrons. The number of hydrogen-bond acceptors (Lipinski definition) is 4. The molecule has 1 heterocycles. The van der Waals surface area contributed by atoms with Gasteiger partial charge >= 0.3 is 5.69 Å². The average molecular weight is 299 g/mol. The van der Waals surface area contributed by atoms with Crippen LogP contribution in [0.2, 0.25) is 0 Å². The lowest BCUT2D eigenvalue weighted by Gasteiger charge is -2.22. The van der Waals surface area contributed by atoms with Gasteiger partial charge in [0.15, 0.2) is 0 Å². The van der Waals surface area contributed by atoms with Crippen molar-refractivity contribution in [1.82, 2.24) is 4.90 Å². The van der Waals surface area contributed by atoms with E-state index in [2.05, 4.69) is 0 Å². The molecule has 1 aliphatic rings. The number of nitrogens with two attached hydrogens (primary N) is 1. The molecule has 0 bridgehead atoms. The molecule has 7 nitrogen and oxygen atoms in total. The number of rotatable bonds is 3. The first-order valence-corrected chi connectivity index (χ1v) is 6.07. The van der Waals surface area contributed by atoms with Crippen LogP contribution in [0.3, 0.4) is 0 Å². The summed E-state index contributed by atoms with van der Waals surface area (Å²) in [7, 11) is 0. The molecule has 0 spiro atoms. The van der Waals surface area contributed by atoms with Crippen molar-refractivity contribution in [2.24, 2.45) is 5.73 Å². The van der Waals surface area contributed by atoms with Gasteiger partial charge in [-0.25, -0.2) is 4.39 Å². The van der Waals surface area contributed by atoms with Crippen LogP contribution in [-0.2, 0) is 4.79 Å². The summed E-state index contributed by atoms with van der Waals surface area (Å²) in [4.78, 5) is 33.9. The SMILES string of the molecule is NC(=O)C1CCCN1C(=O)c1c(F)ccc([N+](=O)[O-])c1F. The maximum absolute atomic E-state index is 14.0. The smallest absolute Gasteiger partial charge is 0.305 e. The van der Waals surface area contributed by atoms with Gasteiger partial charge in [-0.15, -0.1) is 0 Å². The number of nitro groups is 1. The van der Waals surface area contributed by atoms with Gasteiger partial charge in [0, 0.05) is 12.6 Å². The summed E-state index contributed by atoms with van der Waals surface area (Å²) in [6.45, 7) is 0.105. The van der Waals surface area contributed by atoms with Gasteiger partial charge in [-0.1, -0.05) is 0 Å². The molecule has 21 heavy (non-hydrogen) atoms. The highest BCUT2D eigenvalue weighted by Gasteiger charge is 2.37. The second kappa shape index (κ2) is 5.43. The number of primary amides is 1. The van der Waals surface area contributed by atoms with Crippen molar-refractivity contribution in [2.75, 3.05) is 6.54 Å². The Labute approximate surface area is 117 Å². The highest BCUT2D eigenvalue weighted by atomic mass is 19.1. The Morgan fingerprint density at radius 2 is 2.05 bits per heavy atom. The van der Waals surface area contributed by atoms with Crippen LogP contribution in [0.5, 0.6) is 0 Å². The molecule has 1 fully saturated rings. The summed E-state index contributed by atoms with van der Waals surface area (Å²) >= 11 is 0. The largest absolute Gasteiger partial charge is 0.368 e. The van der Waals surface area contributed by atoms with Crippen LogP contribution in [-0.4, -0.2) is 34.2 Å². The van der Waals surface area contributed by atoms with Gasteiger partial charge in [-0.3, -0.25) is 19.7 Å². The molecule has 0 saturated carbocycles. The molecule has 1 aromatic rings. The molecule has 1 aromatic carbocycles. The van der Waals surface area contributed by atoms with Gasteiger partial charge in [0.05, 0.1) is 4.92 Å². The molecule has 1 unspecified atom stereocenters. The molecular weight excluding hydrogens is 288 g/mol. The van der Waals surface area contributed by atoms with Gasteiger partial charge < -0.3 is 10.6 Å². The maximum Gasteiger partial charge on any atom is 0.305 e. The molecule has 1 aliphatic heterocycles. The highest BCUT2D eigenvalue weighted by Crippen LogP contribution is 2.27. The number of carbonyl (C=O) groups excluding carboxylic acids is 2. The summed E-state index contributed by atoms with van der Waals surface area (Å²) in [5.41, 5.74) is 3.08. The highest BCUT2D eigenvalue weighted by molar-refractivity contribution is 5.98. The molecule has 2 N–H and O–H groups in total. The lowest BCUT2D eigenvalue weighted by atomic mass is 10.1. The van der Waals surface area contributed by atoms with Gasteiger partial charge in [0.2, 0.25) is 11.7 Å². The fraction of sp³-hybridized carbons (Fsp3) is 0.333. The summed E-state index contributed by atoms with van der Waals surface area (Å²) in [5, 5.41) is 10.6. The predicted octanol–water partition coefficient (Wildman–Crippen LogP) is 0.963. The number of likely N-dealkylation sites (tertiary alicyclic amines) is 1. The summed E-state index contributed by atoms with van der Waals surface area (Å²) in [6.07, 6.45) is 0.747. The fourth-order valence-electron chi connectivity index (χ4n) is 2.33. The Kier molecular flexibility index (Phi) is 3.83. The zero-order chi connectivity index (χ0) is 15.7. The van der Waals surface area contributed by atoms with Gasteiger partial charge in [-0.05, 0) is 18.9 Å². The molecular formula is C12H11F2N3O4. The second-order valence-electron chi connectivity index (χ2n) is 4.57. The molecule has 0 aromatic heterocycles. The van der Waals surface area contributed by atoms with Crippen LogP contribution in [0.15, 0.2) is 12.1 Å². The number of benzene rings is 1. The van der Waals surface area contributed by atoms with Crippen LogP contribution < -0.4 is 5.73 Å². The maximum atomic E-state index is 14.0. The third-order valence-corrected chi connectivity index (χ3v) is 3.32. The number of amides is 2. The minimum atomic E-state index is -1.56. The quantitative estimate of drug-likeness (QED) is 0.662. The molecule has 0 aliphatic carbocycles. The van der Waals surface area contributed by atoms with Crippen LogP contribution in [0, 0.1) is 21.7 Å². The average Bonchev–Trinajstić information content (AvgIpc) is 2.87. The van der Waals surface area contributed by atoms with E-state index in [0.717, 1.165) is 4.90 Å². The molecule has 2 rings (SSSR count). The van der Waals surface area contributed by atoms with E-state index in [1.165, 1.54) is 0 Å². The van der Waals surface area contributed by atoms with Crippen LogP contribution in [0.25, 0.3) is 0 Å². The Balaban J connectivity index is 2.46. The Morgan fingerprint density at radius 1 is 1.38 bits per heavy atom. The topological polar surface area (TPSA) is 107 Å². The third-order valence-electron chi connectivity index (χ3n) is 3.32. The number of halogens is 2. The minimum Gasteiger partial charge on any atom is -0.368 e. The molecule has 0 radical (unpaired) electrons. The van der Waals surface area contributed by atoms with Crippen molar-refractivity contribution in [3.05, 3.63) is 39.4 Å². The fourth-order valence-corrected chi connectivity index (χ4v) is 2.33.